The van der Waals surface area contributed by atoms with Gasteiger partial charge in [0.15, 0.2) is 9.84 Å². The number of benzene rings is 3. The normalized spacial score (nSPS) is 11.8. The van der Waals surface area contributed by atoms with E-state index in [2.05, 4.69) is 31.0 Å². The molecule has 0 aliphatic carbocycles. The Bertz CT molecular complexity index is 1380. The molecule has 0 N–H and O–H groups in total. The van der Waals surface area contributed by atoms with E-state index in [-0.39, 0.29) is 11.5 Å². The van der Waals surface area contributed by atoms with E-state index in [1.165, 1.54) is 18.4 Å². The summed E-state index contributed by atoms with van der Waals surface area (Å²) >= 11 is 0. The molecule has 0 amide bonds. The van der Waals surface area contributed by atoms with Crippen LogP contribution >= 0.6 is 0 Å². The summed E-state index contributed by atoms with van der Waals surface area (Å²) < 4.78 is 43.6. The zero-order chi connectivity index (χ0) is 22.9. The molecule has 0 saturated carbocycles. The van der Waals surface area contributed by atoms with Gasteiger partial charge in [0, 0.05) is 29.5 Å². The standard InChI is InChI=1S/C26H24FNO3S/c1-17(2)20-11-19-5-4-10-28-26(19)25(14-20)21-12-22(27)15-23(13-21)31-16-18-6-8-24(9-7-18)32(3,29)30/h4-15,17H,16H2,1-3H3. The number of hydrogen-bond acceptors (Lipinski definition) is 4. The maximum absolute atomic E-state index is 14.5. The smallest absolute Gasteiger partial charge is 0.175 e. The quantitative estimate of drug-likeness (QED) is 0.354. The molecule has 4 nitrogen and oxygen atoms in total. The highest BCUT2D eigenvalue weighted by molar-refractivity contribution is 7.90. The average Bonchev–Trinajstić information content (AvgIpc) is 2.76. The Labute approximate surface area is 187 Å². The predicted octanol–water partition coefficient (Wildman–Crippen LogP) is 6.15. The van der Waals surface area contributed by atoms with Crippen molar-refractivity contribution < 1.29 is 17.5 Å². The fraction of sp³-hybridized carbons (Fsp3) is 0.192. The van der Waals surface area contributed by atoms with Gasteiger partial charge in [0.2, 0.25) is 0 Å². The number of pyridine rings is 1. The van der Waals surface area contributed by atoms with Gasteiger partial charge in [0.1, 0.15) is 18.2 Å². The molecule has 0 aliphatic heterocycles. The van der Waals surface area contributed by atoms with Crippen molar-refractivity contribution in [3.63, 3.8) is 0 Å². The molecule has 3 aromatic carbocycles. The van der Waals surface area contributed by atoms with Crippen LogP contribution in [-0.4, -0.2) is 19.7 Å². The first-order chi connectivity index (χ1) is 15.2. The van der Waals surface area contributed by atoms with Crippen molar-refractivity contribution in [1.82, 2.24) is 4.98 Å². The van der Waals surface area contributed by atoms with Crippen LogP contribution in [-0.2, 0) is 16.4 Å². The maximum Gasteiger partial charge on any atom is 0.175 e. The third-order valence-corrected chi connectivity index (χ3v) is 6.46. The lowest BCUT2D eigenvalue weighted by Crippen LogP contribution is -2.00. The van der Waals surface area contributed by atoms with Crippen molar-refractivity contribution in [2.24, 2.45) is 0 Å². The fourth-order valence-corrected chi connectivity index (χ4v) is 4.20. The molecule has 1 heterocycles. The van der Waals surface area contributed by atoms with Gasteiger partial charge in [0.25, 0.3) is 0 Å². The Morgan fingerprint density at radius 3 is 2.44 bits per heavy atom. The second-order valence-corrected chi connectivity index (χ2v) is 10.2. The van der Waals surface area contributed by atoms with Crippen LogP contribution in [0.1, 0.15) is 30.9 Å². The lowest BCUT2D eigenvalue weighted by molar-refractivity contribution is 0.304. The molecule has 0 bridgehead atoms. The SMILES string of the molecule is CC(C)c1cc(-c2cc(F)cc(OCc3ccc(S(C)(=O)=O)cc3)c2)c2ncccc2c1. The van der Waals surface area contributed by atoms with E-state index < -0.39 is 15.7 Å². The summed E-state index contributed by atoms with van der Waals surface area (Å²) in [5.74, 6) is 0.313. The molecule has 0 aliphatic rings. The molecular weight excluding hydrogens is 425 g/mol. The minimum Gasteiger partial charge on any atom is -0.489 e. The molecule has 6 heteroatoms. The van der Waals surface area contributed by atoms with Gasteiger partial charge in [0.05, 0.1) is 10.4 Å². The third-order valence-electron chi connectivity index (χ3n) is 5.33. The van der Waals surface area contributed by atoms with Crippen LogP contribution in [0.4, 0.5) is 4.39 Å². The van der Waals surface area contributed by atoms with Crippen molar-refractivity contribution >= 4 is 20.7 Å². The second-order valence-electron chi connectivity index (χ2n) is 8.18. The van der Waals surface area contributed by atoms with Crippen LogP contribution in [0.5, 0.6) is 5.75 Å². The minimum atomic E-state index is -3.25. The maximum atomic E-state index is 14.5. The number of aromatic nitrogens is 1. The van der Waals surface area contributed by atoms with Gasteiger partial charge in [-0.25, -0.2) is 12.8 Å². The number of hydrogen-bond donors (Lipinski definition) is 0. The number of ether oxygens (including phenoxy) is 1. The first-order valence-corrected chi connectivity index (χ1v) is 12.2. The second kappa shape index (κ2) is 8.71. The van der Waals surface area contributed by atoms with E-state index in [9.17, 15) is 12.8 Å². The van der Waals surface area contributed by atoms with E-state index >= 15 is 0 Å². The molecule has 4 rings (SSSR count). The van der Waals surface area contributed by atoms with Gasteiger partial charge >= 0.3 is 0 Å². The number of fused-ring (bicyclic) bond motifs is 1. The van der Waals surface area contributed by atoms with Crippen LogP contribution < -0.4 is 4.74 Å². The van der Waals surface area contributed by atoms with E-state index in [1.54, 1.807) is 30.5 Å². The third kappa shape index (κ3) is 4.81. The predicted molar refractivity (Wildman–Crippen MR) is 125 cm³/mol. The van der Waals surface area contributed by atoms with Gasteiger partial charge in [-0.3, -0.25) is 4.98 Å². The number of nitrogens with zero attached hydrogens (tertiary/aromatic N) is 1. The van der Waals surface area contributed by atoms with E-state index in [4.69, 9.17) is 4.74 Å². The fourth-order valence-electron chi connectivity index (χ4n) is 3.57. The topological polar surface area (TPSA) is 56.3 Å². The average molecular weight is 450 g/mol. The number of rotatable bonds is 6. The van der Waals surface area contributed by atoms with Crippen LogP contribution in [0, 0.1) is 5.82 Å². The van der Waals surface area contributed by atoms with Crippen LogP contribution in [0.2, 0.25) is 0 Å². The van der Waals surface area contributed by atoms with Gasteiger partial charge in [-0.05, 0) is 65.1 Å². The van der Waals surface area contributed by atoms with Crippen molar-refractivity contribution in [1.29, 1.82) is 0 Å². The minimum absolute atomic E-state index is 0.192. The highest BCUT2D eigenvalue weighted by Gasteiger charge is 2.13. The summed E-state index contributed by atoms with van der Waals surface area (Å²) in [7, 11) is -3.25. The largest absolute Gasteiger partial charge is 0.489 e. The number of sulfone groups is 1. The molecule has 0 saturated heterocycles. The molecule has 32 heavy (non-hydrogen) atoms. The molecule has 1 aromatic heterocycles. The Morgan fingerprint density at radius 2 is 1.75 bits per heavy atom. The first kappa shape index (κ1) is 22.0. The first-order valence-electron chi connectivity index (χ1n) is 10.3. The lowest BCUT2D eigenvalue weighted by atomic mass is 9.94. The van der Waals surface area contributed by atoms with Crippen LogP contribution in [0.25, 0.3) is 22.0 Å². The Kier molecular flexibility index (Phi) is 5.98. The highest BCUT2D eigenvalue weighted by Crippen LogP contribution is 2.34. The van der Waals surface area contributed by atoms with Crippen LogP contribution in [0.3, 0.4) is 0 Å². The van der Waals surface area contributed by atoms with Gasteiger partial charge < -0.3 is 4.74 Å². The molecule has 164 valence electrons. The molecular formula is C26H24FNO3S. The molecule has 4 aromatic rings. The van der Waals surface area contributed by atoms with Crippen molar-refractivity contribution in [2.75, 3.05) is 6.26 Å². The molecule has 0 atom stereocenters. The zero-order valence-corrected chi connectivity index (χ0v) is 19.0. The summed E-state index contributed by atoms with van der Waals surface area (Å²) in [6.45, 7) is 4.44. The number of halogens is 1. The van der Waals surface area contributed by atoms with Crippen LogP contribution in [0.15, 0.2) is 77.8 Å². The van der Waals surface area contributed by atoms with Crippen molar-refractivity contribution in [2.45, 2.75) is 31.3 Å². The monoisotopic (exact) mass is 449 g/mol. The molecule has 0 fully saturated rings. The van der Waals surface area contributed by atoms with E-state index in [0.717, 1.165) is 27.6 Å². The molecule has 0 spiro atoms. The van der Waals surface area contributed by atoms with Crippen molar-refractivity contribution in [3.05, 3.63) is 89.9 Å². The van der Waals surface area contributed by atoms with E-state index in [1.807, 2.05) is 18.2 Å². The Balaban J connectivity index is 1.67. The molecule has 0 unspecified atom stereocenters. The lowest BCUT2D eigenvalue weighted by Gasteiger charge is -2.14. The summed E-state index contributed by atoms with van der Waals surface area (Å²) in [5, 5.41) is 1.01. The Morgan fingerprint density at radius 1 is 1.00 bits per heavy atom. The molecule has 0 radical (unpaired) electrons. The van der Waals surface area contributed by atoms with Crippen molar-refractivity contribution in [3.8, 4) is 16.9 Å². The Hall–Kier alpha value is -3.25. The van der Waals surface area contributed by atoms with Gasteiger partial charge in [-0.2, -0.15) is 0 Å². The summed E-state index contributed by atoms with van der Waals surface area (Å²) in [6, 6.07) is 19.2. The summed E-state index contributed by atoms with van der Waals surface area (Å²) in [6.07, 6.45) is 2.90. The summed E-state index contributed by atoms with van der Waals surface area (Å²) in [5.41, 5.74) is 4.30. The zero-order valence-electron chi connectivity index (χ0n) is 18.2. The summed E-state index contributed by atoms with van der Waals surface area (Å²) in [4.78, 5) is 4.78. The van der Waals surface area contributed by atoms with Gasteiger partial charge in [-0.15, -0.1) is 0 Å². The highest BCUT2D eigenvalue weighted by atomic mass is 32.2. The van der Waals surface area contributed by atoms with Gasteiger partial charge in [-0.1, -0.05) is 32.0 Å². The van der Waals surface area contributed by atoms with E-state index in [0.29, 0.717) is 17.2 Å².